The fourth-order valence-electron chi connectivity index (χ4n) is 2.57. The van der Waals surface area contributed by atoms with Gasteiger partial charge in [0.1, 0.15) is 0 Å². The Kier molecular flexibility index (Phi) is 9.91. The monoisotopic (exact) mass is 290 g/mol. The molecule has 0 aromatic carbocycles. The minimum atomic E-state index is -1.96. The standard InChI is InChI=1S/C14H34N2O2Si/c1-8-15(9-2)14(16(10-3)11-4)12-13-19(7,17-5)18-6/h14H,8-13H2,1-7H3. The molecule has 116 valence electrons. The first-order chi connectivity index (χ1) is 9.01. The average molecular weight is 291 g/mol. The summed E-state index contributed by atoms with van der Waals surface area (Å²) >= 11 is 0. The molecule has 0 aromatic rings. The van der Waals surface area contributed by atoms with E-state index < -0.39 is 8.56 Å². The van der Waals surface area contributed by atoms with Gasteiger partial charge in [-0.2, -0.15) is 0 Å². The third-order valence-electron chi connectivity index (χ3n) is 4.19. The highest BCUT2D eigenvalue weighted by molar-refractivity contribution is 6.65. The average Bonchev–Trinajstić information content (AvgIpc) is 2.46. The summed E-state index contributed by atoms with van der Waals surface area (Å²) < 4.78 is 11.2. The highest BCUT2D eigenvalue weighted by Gasteiger charge is 2.31. The first kappa shape index (κ1) is 19.1. The van der Waals surface area contributed by atoms with Gasteiger partial charge in [0.05, 0.1) is 6.17 Å². The Hall–Kier alpha value is 0.0569. The van der Waals surface area contributed by atoms with Crippen LogP contribution in [0.15, 0.2) is 0 Å². The van der Waals surface area contributed by atoms with E-state index in [0.717, 1.165) is 38.6 Å². The van der Waals surface area contributed by atoms with E-state index in [4.69, 9.17) is 8.85 Å². The van der Waals surface area contributed by atoms with Crippen LogP contribution in [-0.2, 0) is 8.85 Å². The summed E-state index contributed by atoms with van der Waals surface area (Å²) in [7, 11) is 1.60. The lowest BCUT2D eigenvalue weighted by Crippen LogP contribution is -2.49. The van der Waals surface area contributed by atoms with Crippen LogP contribution in [0.4, 0.5) is 0 Å². The molecule has 4 nitrogen and oxygen atoms in total. The lowest BCUT2D eigenvalue weighted by atomic mass is 10.2. The Morgan fingerprint density at radius 1 is 0.842 bits per heavy atom. The summed E-state index contributed by atoms with van der Waals surface area (Å²) in [6, 6.07) is 1.04. The van der Waals surface area contributed by atoms with E-state index in [9.17, 15) is 0 Å². The van der Waals surface area contributed by atoms with E-state index in [2.05, 4.69) is 44.0 Å². The summed E-state index contributed by atoms with van der Waals surface area (Å²) in [5.41, 5.74) is 0. The summed E-state index contributed by atoms with van der Waals surface area (Å²) in [4.78, 5) is 5.07. The molecule has 0 aromatic heterocycles. The maximum absolute atomic E-state index is 5.61. The van der Waals surface area contributed by atoms with Crippen LogP contribution in [-0.4, -0.2) is 64.9 Å². The molecule has 19 heavy (non-hydrogen) atoms. The molecule has 0 atom stereocenters. The molecular weight excluding hydrogens is 256 g/mol. The van der Waals surface area contributed by atoms with Crippen LogP contribution in [0, 0.1) is 0 Å². The number of rotatable bonds is 11. The highest BCUT2D eigenvalue weighted by Crippen LogP contribution is 2.20. The van der Waals surface area contributed by atoms with Crippen molar-refractivity contribution in [2.24, 2.45) is 0 Å². The normalized spacial score (nSPS) is 12.9. The van der Waals surface area contributed by atoms with Gasteiger partial charge in [-0.3, -0.25) is 9.80 Å². The molecule has 0 unspecified atom stereocenters. The van der Waals surface area contributed by atoms with Gasteiger partial charge >= 0.3 is 8.56 Å². The summed E-state index contributed by atoms with van der Waals surface area (Å²) in [6.07, 6.45) is 1.62. The third-order valence-corrected chi connectivity index (χ3v) is 7.11. The van der Waals surface area contributed by atoms with Gasteiger partial charge in [0.25, 0.3) is 0 Å². The van der Waals surface area contributed by atoms with E-state index in [-0.39, 0.29) is 0 Å². The third kappa shape index (κ3) is 5.91. The van der Waals surface area contributed by atoms with Crippen LogP contribution in [0.5, 0.6) is 0 Å². The van der Waals surface area contributed by atoms with Gasteiger partial charge in [0.15, 0.2) is 0 Å². The van der Waals surface area contributed by atoms with Gasteiger partial charge in [-0.15, -0.1) is 0 Å². The predicted octanol–water partition coefficient (Wildman–Crippen LogP) is 2.75. The zero-order chi connectivity index (χ0) is 14.9. The van der Waals surface area contributed by atoms with E-state index in [1.165, 1.54) is 0 Å². The molecule has 0 fully saturated rings. The second-order valence-corrected chi connectivity index (χ2v) is 8.59. The van der Waals surface area contributed by atoms with Gasteiger partial charge in [0, 0.05) is 14.2 Å². The van der Waals surface area contributed by atoms with Crippen LogP contribution in [0.25, 0.3) is 0 Å². The Balaban J connectivity index is 4.75. The van der Waals surface area contributed by atoms with Crippen LogP contribution in [0.2, 0.25) is 12.6 Å². The van der Waals surface area contributed by atoms with Crippen LogP contribution in [0.3, 0.4) is 0 Å². The van der Waals surface area contributed by atoms with Crippen molar-refractivity contribution in [1.29, 1.82) is 0 Å². The second kappa shape index (κ2) is 9.88. The van der Waals surface area contributed by atoms with Crippen molar-refractivity contribution in [3.05, 3.63) is 0 Å². The summed E-state index contributed by atoms with van der Waals surface area (Å²) in [5, 5.41) is 0. The van der Waals surface area contributed by atoms with Crippen LogP contribution in [0.1, 0.15) is 34.1 Å². The van der Waals surface area contributed by atoms with E-state index >= 15 is 0 Å². The van der Waals surface area contributed by atoms with E-state index in [1.807, 2.05) is 0 Å². The van der Waals surface area contributed by atoms with Gasteiger partial charge in [-0.05, 0) is 45.2 Å². The summed E-state index contributed by atoms with van der Waals surface area (Å²) in [5.74, 6) is 0. The Labute approximate surface area is 121 Å². The molecule has 0 bridgehead atoms. The smallest absolute Gasteiger partial charge is 0.334 e. The molecule has 0 aliphatic carbocycles. The quantitative estimate of drug-likeness (QED) is 0.431. The van der Waals surface area contributed by atoms with E-state index in [0.29, 0.717) is 6.17 Å². The molecule has 0 rings (SSSR count). The van der Waals surface area contributed by atoms with Gasteiger partial charge in [0.2, 0.25) is 0 Å². The zero-order valence-electron chi connectivity index (χ0n) is 14.0. The van der Waals surface area contributed by atoms with Crippen molar-refractivity contribution < 1.29 is 8.85 Å². The highest BCUT2D eigenvalue weighted by atomic mass is 28.4. The first-order valence-electron chi connectivity index (χ1n) is 7.60. The fourth-order valence-corrected chi connectivity index (χ4v) is 3.92. The zero-order valence-corrected chi connectivity index (χ0v) is 15.0. The Morgan fingerprint density at radius 2 is 1.21 bits per heavy atom. The SMILES string of the molecule is CCN(CC)C(CC[Si](C)(OC)OC)N(CC)CC. The molecule has 0 amide bonds. The molecule has 0 radical (unpaired) electrons. The maximum atomic E-state index is 5.61. The number of hydrogen-bond donors (Lipinski definition) is 0. The molecule has 0 saturated heterocycles. The molecule has 0 heterocycles. The molecule has 0 aliphatic rings. The molecule has 0 N–H and O–H groups in total. The molecule has 0 saturated carbocycles. The van der Waals surface area contributed by atoms with Gasteiger partial charge in [-0.1, -0.05) is 27.7 Å². The lowest BCUT2D eigenvalue weighted by Gasteiger charge is -2.39. The van der Waals surface area contributed by atoms with Crippen molar-refractivity contribution in [1.82, 2.24) is 9.80 Å². The van der Waals surface area contributed by atoms with Crippen LogP contribution < -0.4 is 0 Å². The van der Waals surface area contributed by atoms with Gasteiger partial charge in [-0.25, -0.2) is 0 Å². The second-order valence-electron chi connectivity index (χ2n) is 5.00. The van der Waals surface area contributed by atoms with Gasteiger partial charge < -0.3 is 8.85 Å². The van der Waals surface area contributed by atoms with E-state index in [1.54, 1.807) is 14.2 Å². The number of hydrogen-bond acceptors (Lipinski definition) is 4. The molecule has 0 spiro atoms. The number of nitrogens with zero attached hydrogens (tertiary/aromatic N) is 2. The molecular formula is C14H34N2O2Si. The molecule has 0 aliphatic heterocycles. The first-order valence-corrected chi connectivity index (χ1v) is 10.1. The predicted molar refractivity (Wildman–Crippen MR) is 84.7 cm³/mol. The summed E-state index contributed by atoms with van der Waals surface area (Å²) in [6.45, 7) is 15.5. The van der Waals surface area contributed by atoms with Crippen LogP contribution >= 0.6 is 0 Å². The Morgan fingerprint density at radius 3 is 1.47 bits per heavy atom. The maximum Gasteiger partial charge on any atom is 0.334 e. The fraction of sp³-hybridized carbons (Fsp3) is 1.00. The van der Waals surface area contributed by atoms with Crippen molar-refractivity contribution in [3.8, 4) is 0 Å². The van der Waals surface area contributed by atoms with Crippen molar-refractivity contribution in [2.45, 2.75) is 52.9 Å². The lowest BCUT2D eigenvalue weighted by molar-refractivity contribution is 0.0516. The minimum Gasteiger partial charge on any atom is -0.398 e. The molecule has 5 heteroatoms. The van der Waals surface area contributed by atoms with Crippen molar-refractivity contribution in [2.75, 3.05) is 40.4 Å². The van der Waals surface area contributed by atoms with Crippen molar-refractivity contribution in [3.63, 3.8) is 0 Å². The largest absolute Gasteiger partial charge is 0.398 e. The van der Waals surface area contributed by atoms with Crippen molar-refractivity contribution >= 4 is 8.56 Å². The topological polar surface area (TPSA) is 24.9 Å². The Bertz CT molecular complexity index is 205. The minimum absolute atomic E-state index is 0.502.